The average molecular weight is 155 g/mol. The second-order valence-corrected chi connectivity index (χ2v) is 2.87. The lowest BCUT2D eigenvalue weighted by molar-refractivity contribution is 0.638. The summed E-state index contributed by atoms with van der Waals surface area (Å²) in [5.41, 5.74) is 4.85. The minimum Gasteiger partial charge on any atom is -0.331 e. The molecule has 0 unspecified atom stereocenters. The normalized spacial score (nSPS) is 20.5. The van der Waals surface area contributed by atoms with Crippen molar-refractivity contribution < 1.29 is 0 Å². The molecule has 2 N–H and O–H groups in total. The zero-order valence-electron chi connectivity index (χ0n) is 7.68. The summed E-state index contributed by atoms with van der Waals surface area (Å²) >= 11 is 0. The molecular weight excluding hydrogens is 134 g/mol. The lowest BCUT2D eigenvalue weighted by atomic mass is 10.1. The van der Waals surface area contributed by atoms with Gasteiger partial charge in [0, 0.05) is 0 Å². The van der Waals surface area contributed by atoms with E-state index in [4.69, 9.17) is 5.73 Å². The first-order valence-corrected chi connectivity index (χ1v) is 4.77. The summed E-state index contributed by atoms with van der Waals surface area (Å²) in [6, 6.07) is 0. The highest BCUT2D eigenvalue weighted by atomic mass is 14.5. The van der Waals surface area contributed by atoms with E-state index in [1.54, 1.807) is 0 Å². The van der Waals surface area contributed by atoms with Gasteiger partial charge in [-0.05, 0) is 32.2 Å². The van der Waals surface area contributed by atoms with E-state index in [2.05, 4.69) is 12.2 Å². The van der Waals surface area contributed by atoms with E-state index in [9.17, 15) is 0 Å². The molecule has 0 atom stereocenters. The summed E-state index contributed by atoms with van der Waals surface area (Å²) in [4.78, 5) is 0. The van der Waals surface area contributed by atoms with E-state index >= 15 is 0 Å². The molecule has 0 aromatic heterocycles. The Kier molecular flexibility index (Phi) is 9.44. The topological polar surface area (TPSA) is 26.0 Å². The van der Waals surface area contributed by atoms with Gasteiger partial charge < -0.3 is 5.73 Å². The van der Waals surface area contributed by atoms with Gasteiger partial charge in [0.1, 0.15) is 0 Å². The molecule has 0 amide bonds. The zero-order valence-corrected chi connectivity index (χ0v) is 7.68. The smallest absolute Gasteiger partial charge is 0.0106 e. The fourth-order valence-corrected chi connectivity index (χ4v) is 1.11. The summed E-state index contributed by atoms with van der Waals surface area (Å²) in [5.74, 6) is 0. The van der Waals surface area contributed by atoms with Gasteiger partial charge in [0.2, 0.25) is 0 Å². The van der Waals surface area contributed by atoms with Crippen LogP contribution in [-0.4, -0.2) is 6.54 Å². The summed E-state index contributed by atoms with van der Waals surface area (Å²) in [6.45, 7) is 2.65. The van der Waals surface area contributed by atoms with Crippen LogP contribution in [0.1, 0.15) is 45.4 Å². The predicted molar refractivity (Wildman–Crippen MR) is 51.6 cm³/mol. The molecule has 1 aliphatic carbocycles. The highest BCUT2D eigenvalue weighted by Crippen LogP contribution is 2.09. The van der Waals surface area contributed by atoms with Crippen LogP contribution in [0.5, 0.6) is 0 Å². The minimum absolute atomic E-state index is 0.750. The predicted octanol–water partition coefficient (Wildman–Crippen LogP) is 2.86. The van der Waals surface area contributed by atoms with Gasteiger partial charge in [0.15, 0.2) is 0 Å². The van der Waals surface area contributed by atoms with Crippen LogP contribution in [0.15, 0.2) is 12.2 Å². The van der Waals surface area contributed by atoms with Crippen LogP contribution in [0.4, 0.5) is 0 Å². The Morgan fingerprint density at radius 3 is 1.73 bits per heavy atom. The van der Waals surface area contributed by atoms with E-state index in [0.717, 1.165) is 6.54 Å². The van der Waals surface area contributed by atoms with Crippen LogP contribution < -0.4 is 5.73 Å². The van der Waals surface area contributed by atoms with Crippen molar-refractivity contribution in [3.05, 3.63) is 12.2 Å². The van der Waals surface area contributed by atoms with Gasteiger partial charge in [-0.25, -0.2) is 0 Å². The van der Waals surface area contributed by atoms with E-state index < -0.39 is 0 Å². The lowest BCUT2D eigenvalue weighted by Crippen LogP contribution is -1.87. The Labute approximate surface area is 70.7 Å². The van der Waals surface area contributed by atoms with Crippen molar-refractivity contribution in [2.75, 3.05) is 6.54 Å². The second-order valence-electron chi connectivity index (χ2n) is 2.87. The first-order chi connectivity index (χ1) is 5.41. The molecule has 1 nitrogen and oxygen atoms in total. The third-order valence-corrected chi connectivity index (χ3v) is 1.66. The maximum atomic E-state index is 4.85. The van der Waals surface area contributed by atoms with Crippen molar-refractivity contribution in [1.82, 2.24) is 0 Å². The van der Waals surface area contributed by atoms with Gasteiger partial charge >= 0.3 is 0 Å². The van der Waals surface area contributed by atoms with Crippen LogP contribution in [0.2, 0.25) is 0 Å². The number of hydrogen-bond donors (Lipinski definition) is 1. The van der Waals surface area contributed by atoms with Gasteiger partial charge in [0.25, 0.3) is 0 Å². The molecule has 1 aliphatic rings. The van der Waals surface area contributed by atoms with Crippen LogP contribution >= 0.6 is 0 Å². The quantitative estimate of drug-likeness (QED) is 0.535. The number of nitrogens with two attached hydrogens (primary N) is 1. The Balaban J connectivity index is 0.000000292. The van der Waals surface area contributed by atoms with Crippen LogP contribution in [-0.2, 0) is 0 Å². The average Bonchev–Trinajstić information content (AvgIpc) is 1.86. The monoisotopic (exact) mass is 155 g/mol. The molecule has 0 bridgehead atoms. The first-order valence-electron chi connectivity index (χ1n) is 4.77. The molecular formula is C10H21N. The molecule has 0 saturated carbocycles. The van der Waals surface area contributed by atoms with Crippen LogP contribution in [0.25, 0.3) is 0 Å². The molecule has 0 aromatic carbocycles. The van der Waals surface area contributed by atoms with Crippen LogP contribution in [0, 0.1) is 0 Å². The second kappa shape index (κ2) is 9.70. The van der Waals surface area contributed by atoms with Gasteiger partial charge in [-0.3, -0.25) is 0 Å². The van der Waals surface area contributed by atoms with Crippen LogP contribution in [0.3, 0.4) is 0 Å². The minimum atomic E-state index is 0.750. The maximum absolute atomic E-state index is 4.85. The van der Waals surface area contributed by atoms with Crippen molar-refractivity contribution in [2.24, 2.45) is 5.73 Å². The summed E-state index contributed by atoms with van der Waals surface area (Å²) in [5, 5.41) is 0. The Hall–Kier alpha value is -0.300. The number of allylic oxidation sites excluding steroid dienone is 2. The largest absolute Gasteiger partial charge is 0.331 e. The zero-order chi connectivity index (χ0) is 8.36. The molecule has 0 radical (unpaired) electrons. The molecule has 0 spiro atoms. The van der Waals surface area contributed by atoms with Crippen molar-refractivity contribution >= 4 is 0 Å². The Morgan fingerprint density at radius 2 is 1.36 bits per heavy atom. The molecule has 1 rings (SSSR count). The number of rotatable bonds is 0. The van der Waals surface area contributed by atoms with E-state index in [1.165, 1.54) is 38.5 Å². The van der Waals surface area contributed by atoms with Gasteiger partial charge in [0.05, 0.1) is 0 Å². The molecule has 11 heavy (non-hydrogen) atoms. The van der Waals surface area contributed by atoms with Crippen molar-refractivity contribution in [2.45, 2.75) is 45.4 Å². The SMILES string of the molecule is C1=C/CCCCCC/1.CCN. The molecule has 1 heteroatoms. The molecule has 0 aliphatic heterocycles. The highest BCUT2D eigenvalue weighted by Gasteiger charge is 1.89. The van der Waals surface area contributed by atoms with Crippen molar-refractivity contribution in [3.63, 3.8) is 0 Å². The highest BCUT2D eigenvalue weighted by molar-refractivity contribution is 4.82. The van der Waals surface area contributed by atoms with E-state index in [-0.39, 0.29) is 0 Å². The van der Waals surface area contributed by atoms with Crippen molar-refractivity contribution in [1.29, 1.82) is 0 Å². The van der Waals surface area contributed by atoms with Crippen molar-refractivity contribution in [3.8, 4) is 0 Å². The molecule has 0 aromatic rings. The van der Waals surface area contributed by atoms with E-state index in [1.807, 2.05) is 6.92 Å². The van der Waals surface area contributed by atoms with E-state index in [0.29, 0.717) is 0 Å². The Morgan fingerprint density at radius 1 is 1.00 bits per heavy atom. The lowest BCUT2D eigenvalue weighted by Gasteiger charge is -2.00. The summed E-state index contributed by atoms with van der Waals surface area (Å²) in [6.07, 6.45) is 13.0. The van der Waals surface area contributed by atoms with Gasteiger partial charge in [-0.15, -0.1) is 0 Å². The van der Waals surface area contributed by atoms with Gasteiger partial charge in [-0.2, -0.15) is 0 Å². The third-order valence-electron chi connectivity index (χ3n) is 1.66. The summed E-state index contributed by atoms with van der Waals surface area (Å²) < 4.78 is 0. The standard InChI is InChI=1S/C8H14.C2H7N/c1-2-4-6-8-7-5-3-1;1-2-3/h1-2H,3-8H2;2-3H2,1H3/b2-1+;. The Bertz CT molecular complexity index is 76.9. The van der Waals surface area contributed by atoms with Gasteiger partial charge in [-0.1, -0.05) is 31.9 Å². The molecule has 0 saturated heterocycles. The third kappa shape index (κ3) is 9.70. The molecule has 0 fully saturated rings. The molecule has 66 valence electrons. The first kappa shape index (κ1) is 10.7. The number of hydrogen-bond acceptors (Lipinski definition) is 1. The summed E-state index contributed by atoms with van der Waals surface area (Å²) in [7, 11) is 0. The molecule has 0 heterocycles. The fourth-order valence-electron chi connectivity index (χ4n) is 1.11. The fraction of sp³-hybridized carbons (Fsp3) is 0.800. The maximum Gasteiger partial charge on any atom is -0.0106 e.